The summed E-state index contributed by atoms with van der Waals surface area (Å²) in [5.74, 6) is 1.33. The number of amides is 1. The molecule has 1 aromatic carbocycles. The molecule has 0 aliphatic rings. The van der Waals surface area contributed by atoms with Crippen molar-refractivity contribution in [3.8, 4) is 11.5 Å². The van der Waals surface area contributed by atoms with Crippen molar-refractivity contribution in [3.63, 3.8) is 0 Å². The monoisotopic (exact) mass is 267 g/mol. The highest BCUT2D eigenvalue weighted by Gasteiger charge is 2.13. The van der Waals surface area contributed by atoms with Gasteiger partial charge in [0, 0.05) is 7.05 Å². The number of hydrogen-bond donors (Lipinski definition) is 1. The van der Waals surface area contributed by atoms with E-state index in [1.165, 1.54) is 7.05 Å². The van der Waals surface area contributed by atoms with E-state index in [-0.39, 0.29) is 6.10 Å². The molecule has 0 aliphatic heterocycles. The Balaban J connectivity index is 2.87. The van der Waals surface area contributed by atoms with Gasteiger partial charge in [-0.25, -0.2) is 4.79 Å². The van der Waals surface area contributed by atoms with Crippen molar-refractivity contribution >= 4 is 6.09 Å². The van der Waals surface area contributed by atoms with Gasteiger partial charge >= 0.3 is 6.09 Å². The fourth-order valence-electron chi connectivity index (χ4n) is 1.56. The van der Waals surface area contributed by atoms with Crippen LogP contribution in [0.2, 0.25) is 0 Å². The molecule has 1 atom stereocenters. The molecule has 0 fully saturated rings. The second-order valence-corrected chi connectivity index (χ2v) is 4.06. The lowest BCUT2D eigenvalue weighted by molar-refractivity contribution is 0.109. The van der Waals surface area contributed by atoms with Gasteiger partial charge in [0.25, 0.3) is 0 Å². The minimum atomic E-state index is -0.459. The molecule has 1 aromatic rings. The van der Waals surface area contributed by atoms with Crippen LogP contribution in [-0.2, 0) is 4.74 Å². The predicted molar refractivity (Wildman–Crippen MR) is 72.7 cm³/mol. The number of carbonyl (C=O) groups excluding carboxylic acids is 1. The van der Waals surface area contributed by atoms with Gasteiger partial charge in [-0.1, -0.05) is 13.0 Å². The summed E-state index contributed by atoms with van der Waals surface area (Å²) < 4.78 is 16.0. The zero-order valence-electron chi connectivity index (χ0n) is 11.9. The molecule has 0 heterocycles. The third-order valence-corrected chi connectivity index (χ3v) is 2.61. The maximum atomic E-state index is 11.2. The first kappa shape index (κ1) is 15.1. The van der Waals surface area contributed by atoms with Crippen molar-refractivity contribution in [2.45, 2.75) is 26.4 Å². The Morgan fingerprint density at radius 1 is 1.37 bits per heavy atom. The highest BCUT2D eigenvalue weighted by atomic mass is 16.6. The van der Waals surface area contributed by atoms with Crippen LogP contribution >= 0.6 is 0 Å². The largest absolute Gasteiger partial charge is 0.493 e. The second-order valence-electron chi connectivity index (χ2n) is 4.06. The minimum absolute atomic E-state index is 0.352. The summed E-state index contributed by atoms with van der Waals surface area (Å²) in [6, 6.07) is 5.50. The normalized spacial score (nSPS) is 11.6. The maximum absolute atomic E-state index is 11.2. The molecule has 0 aliphatic carbocycles. The quantitative estimate of drug-likeness (QED) is 0.861. The van der Waals surface area contributed by atoms with Gasteiger partial charge in [0.15, 0.2) is 11.5 Å². The van der Waals surface area contributed by atoms with Crippen LogP contribution in [0.25, 0.3) is 0 Å². The predicted octanol–water partition coefficient (Wildman–Crippen LogP) is 2.90. The molecule has 1 unspecified atom stereocenters. The number of alkyl carbamates (subject to hydrolysis) is 1. The fourth-order valence-corrected chi connectivity index (χ4v) is 1.56. The van der Waals surface area contributed by atoms with Gasteiger partial charge < -0.3 is 19.5 Å². The average Bonchev–Trinajstić information content (AvgIpc) is 2.44. The molecule has 0 saturated carbocycles. The van der Waals surface area contributed by atoms with Crippen molar-refractivity contribution in [1.29, 1.82) is 0 Å². The fraction of sp³-hybridized carbons (Fsp3) is 0.500. The van der Waals surface area contributed by atoms with E-state index in [1.807, 2.05) is 25.1 Å². The van der Waals surface area contributed by atoms with E-state index < -0.39 is 6.09 Å². The molecule has 5 heteroatoms. The van der Waals surface area contributed by atoms with Crippen LogP contribution in [0.15, 0.2) is 18.2 Å². The number of rotatable bonds is 6. The Hall–Kier alpha value is -1.91. The van der Waals surface area contributed by atoms with Crippen molar-refractivity contribution in [3.05, 3.63) is 23.8 Å². The summed E-state index contributed by atoms with van der Waals surface area (Å²) >= 11 is 0. The summed E-state index contributed by atoms with van der Waals surface area (Å²) in [7, 11) is 3.12. The lowest BCUT2D eigenvalue weighted by Gasteiger charge is -2.16. The SMILES string of the molecule is CCCOc1cc(C(C)OC(=O)NC)ccc1OC. The van der Waals surface area contributed by atoms with Crippen LogP contribution in [0.1, 0.15) is 31.9 Å². The van der Waals surface area contributed by atoms with Crippen molar-refractivity contribution in [1.82, 2.24) is 5.32 Å². The summed E-state index contributed by atoms with van der Waals surface area (Å²) in [5, 5.41) is 2.42. The van der Waals surface area contributed by atoms with E-state index in [0.29, 0.717) is 18.1 Å². The third kappa shape index (κ3) is 4.35. The lowest BCUT2D eigenvalue weighted by atomic mass is 10.1. The number of ether oxygens (including phenoxy) is 3. The summed E-state index contributed by atoms with van der Waals surface area (Å²) in [5.41, 5.74) is 0.857. The van der Waals surface area contributed by atoms with E-state index in [2.05, 4.69) is 5.32 Å². The number of methoxy groups -OCH3 is 1. The maximum Gasteiger partial charge on any atom is 0.407 e. The van der Waals surface area contributed by atoms with E-state index >= 15 is 0 Å². The van der Waals surface area contributed by atoms with Crippen molar-refractivity contribution < 1.29 is 19.0 Å². The molecular weight excluding hydrogens is 246 g/mol. The van der Waals surface area contributed by atoms with Crippen molar-refractivity contribution in [2.24, 2.45) is 0 Å². The Morgan fingerprint density at radius 3 is 2.68 bits per heavy atom. The smallest absolute Gasteiger partial charge is 0.407 e. The molecule has 0 aromatic heterocycles. The van der Waals surface area contributed by atoms with Gasteiger partial charge in [0.05, 0.1) is 13.7 Å². The Morgan fingerprint density at radius 2 is 2.11 bits per heavy atom. The molecule has 1 N–H and O–H groups in total. The molecule has 0 spiro atoms. The molecule has 1 amide bonds. The van der Waals surface area contributed by atoms with E-state index in [4.69, 9.17) is 14.2 Å². The molecule has 0 bridgehead atoms. The second kappa shape index (κ2) is 7.51. The topological polar surface area (TPSA) is 56.8 Å². The molecule has 5 nitrogen and oxygen atoms in total. The van der Waals surface area contributed by atoms with E-state index in [9.17, 15) is 4.79 Å². The number of carbonyl (C=O) groups is 1. The standard InChI is InChI=1S/C14H21NO4/c1-5-8-18-13-9-11(6-7-12(13)17-4)10(2)19-14(16)15-3/h6-7,9-10H,5,8H2,1-4H3,(H,15,16). The number of nitrogens with one attached hydrogen (secondary N) is 1. The van der Waals surface area contributed by atoms with Crippen molar-refractivity contribution in [2.75, 3.05) is 20.8 Å². The van der Waals surface area contributed by atoms with Crippen LogP contribution in [0.4, 0.5) is 4.79 Å². The molecule has 1 rings (SSSR count). The van der Waals surface area contributed by atoms with Gasteiger partial charge in [-0.2, -0.15) is 0 Å². The van der Waals surface area contributed by atoms with Gasteiger partial charge in [0.2, 0.25) is 0 Å². The third-order valence-electron chi connectivity index (χ3n) is 2.61. The summed E-state index contributed by atoms with van der Waals surface area (Å²) in [4.78, 5) is 11.2. The lowest BCUT2D eigenvalue weighted by Crippen LogP contribution is -2.20. The zero-order chi connectivity index (χ0) is 14.3. The first-order chi connectivity index (χ1) is 9.12. The Labute approximate surface area is 113 Å². The number of benzene rings is 1. The Kier molecular flexibility index (Phi) is 5.99. The molecule has 19 heavy (non-hydrogen) atoms. The molecule has 0 radical (unpaired) electrons. The van der Waals surface area contributed by atoms with Crippen LogP contribution in [0.5, 0.6) is 11.5 Å². The van der Waals surface area contributed by atoms with Gasteiger partial charge in [-0.05, 0) is 31.0 Å². The Bertz CT molecular complexity index is 420. The molecular formula is C14H21NO4. The van der Waals surface area contributed by atoms with Gasteiger partial charge in [-0.3, -0.25) is 0 Å². The van der Waals surface area contributed by atoms with Crippen LogP contribution in [0.3, 0.4) is 0 Å². The highest BCUT2D eigenvalue weighted by Crippen LogP contribution is 2.31. The first-order valence-corrected chi connectivity index (χ1v) is 6.31. The van der Waals surface area contributed by atoms with Crippen LogP contribution < -0.4 is 14.8 Å². The summed E-state index contributed by atoms with van der Waals surface area (Å²) in [6.07, 6.45) is 0.103. The highest BCUT2D eigenvalue weighted by molar-refractivity contribution is 5.67. The molecule has 0 saturated heterocycles. The minimum Gasteiger partial charge on any atom is -0.493 e. The van der Waals surface area contributed by atoms with E-state index in [1.54, 1.807) is 14.0 Å². The van der Waals surface area contributed by atoms with E-state index in [0.717, 1.165) is 12.0 Å². The number of hydrogen-bond acceptors (Lipinski definition) is 4. The van der Waals surface area contributed by atoms with Gasteiger partial charge in [0.1, 0.15) is 6.10 Å². The zero-order valence-corrected chi connectivity index (χ0v) is 11.9. The van der Waals surface area contributed by atoms with Crippen LogP contribution in [0, 0.1) is 0 Å². The first-order valence-electron chi connectivity index (χ1n) is 6.31. The summed E-state index contributed by atoms with van der Waals surface area (Å²) in [6.45, 7) is 4.46. The van der Waals surface area contributed by atoms with Crippen LogP contribution in [-0.4, -0.2) is 26.9 Å². The average molecular weight is 267 g/mol. The molecule has 106 valence electrons. The van der Waals surface area contributed by atoms with Gasteiger partial charge in [-0.15, -0.1) is 0 Å².